The molecule has 0 N–H and O–H groups in total. The lowest BCUT2D eigenvalue weighted by Crippen LogP contribution is -2.09. The summed E-state index contributed by atoms with van der Waals surface area (Å²) in [4.78, 5) is 8.51. The number of hydrogen-bond donors (Lipinski definition) is 0. The Morgan fingerprint density at radius 2 is 2.31 bits per heavy atom. The van der Waals surface area contributed by atoms with Gasteiger partial charge >= 0.3 is 0 Å². The molecule has 1 aliphatic heterocycles. The molecule has 0 aromatic carbocycles. The molecule has 0 aliphatic carbocycles. The summed E-state index contributed by atoms with van der Waals surface area (Å²) in [5, 5.41) is 0. The average Bonchev–Trinajstić information content (AvgIpc) is 2.16. The van der Waals surface area contributed by atoms with Crippen LogP contribution in [0.2, 0.25) is 0 Å². The highest BCUT2D eigenvalue weighted by molar-refractivity contribution is 9.10. The summed E-state index contributed by atoms with van der Waals surface area (Å²) in [6.07, 6.45) is 1.01. The largest absolute Gasteiger partial charge is 0.481 e. The topological polar surface area (TPSA) is 35.0 Å². The molecule has 0 spiro atoms. The molecule has 1 aromatic heterocycles. The maximum Gasteiger partial charge on any atom is 0.220 e. The first-order valence-corrected chi connectivity index (χ1v) is 5.93. The van der Waals surface area contributed by atoms with Crippen LogP contribution in [0.1, 0.15) is 11.3 Å². The van der Waals surface area contributed by atoms with Crippen molar-refractivity contribution in [3.8, 4) is 5.88 Å². The van der Waals surface area contributed by atoms with Gasteiger partial charge in [-0.15, -0.1) is 0 Å². The summed E-state index contributed by atoms with van der Waals surface area (Å²) in [6.45, 7) is 0. The molecule has 1 aromatic rings. The Labute approximate surface area is 89.4 Å². The van der Waals surface area contributed by atoms with Crippen LogP contribution in [0.5, 0.6) is 5.88 Å². The normalized spacial score (nSPS) is 15.2. The highest BCUT2D eigenvalue weighted by atomic mass is 79.9. The predicted octanol–water partition coefficient (Wildman–Crippen LogP) is 2.04. The molecule has 3 nitrogen and oxygen atoms in total. The molecule has 0 bridgehead atoms. The second-order valence-electron chi connectivity index (χ2n) is 2.73. The van der Waals surface area contributed by atoms with E-state index < -0.39 is 0 Å². The average molecular weight is 261 g/mol. The van der Waals surface area contributed by atoms with E-state index in [0.29, 0.717) is 4.73 Å². The first-order valence-electron chi connectivity index (χ1n) is 3.98. The summed E-state index contributed by atoms with van der Waals surface area (Å²) in [5.41, 5.74) is 2.28. The number of methoxy groups -OCH3 is 1. The Morgan fingerprint density at radius 1 is 1.46 bits per heavy atom. The molecule has 0 radical (unpaired) electrons. The summed E-state index contributed by atoms with van der Waals surface area (Å²) in [6, 6.07) is 0. The fourth-order valence-corrected chi connectivity index (χ4v) is 2.66. The third kappa shape index (κ3) is 1.81. The van der Waals surface area contributed by atoms with Crippen molar-refractivity contribution in [3.63, 3.8) is 0 Å². The van der Waals surface area contributed by atoms with Crippen molar-refractivity contribution in [1.29, 1.82) is 0 Å². The maximum absolute atomic E-state index is 5.20. The van der Waals surface area contributed by atoms with Crippen LogP contribution in [0.3, 0.4) is 0 Å². The molecule has 70 valence electrons. The molecule has 5 heteroatoms. The van der Waals surface area contributed by atoms with E-state index in [0.717, 1.165) is 29.5 Å². The second-order valence-corrected chi connectivity index (χ2v) is 4.54. The number of halogens is 1. The molecule has 0 unspecified atom stereocenters. The zero-order valence-electron chi connectivity index (χ0n) is 7.21. The van der Waals surface area contributed by atoms with Gasteiger partial charge in [0.2, 0.25) is 5.88 Å². The van der Waals surface area contributed by atoms with Crippen LogP contribution in [0.4, 0.5) is 0 Å². The maximum atomic E-state index is 5.20. The van der Waals surface area contributed by atoms with Gasteiger partial charge in [-0.3, -0.25) is 0 Å². The lowest BCUT2D eigenvalue weighted by Gasteiger charge is -2.16. The summed E-state index contributed by atoms with van der Waals surface area (Å²) in [7, 11) is 1.65. The number of nitrogens with zero attached hydrogens (tertiary/aromatic N) is 2. The second kappa shape index (κ2) is 3.84. The van der Waals surface area contributed by atoms with E-state index in [2.05, 4.69) is 25.9 Å². The number of aromatic nitrogens is 2. The fraction of sp³-hybridized carbons (Fsp3) is 0.500. The molecular weight excluding hydrogens is 252 g/mol. The van der Waals surface area contributed by atoms with Crippen molar-refractivity contribution in [2.24, 2.45) is 0 Å². The minimum atomic E-state index is 0.616. The van der Waals surface area contributed by atoms with Crippen molar-refractivity contribution in [3.05, 3.63) is 16.0 Å². The summed E-state index contributed by atoms with van der Waals surface area (Å²) >= 11 is 5.17. The van der Waals surface area contributed by atoms with Crippen LogP contribution in [-0.4, -0.2) is 22.8 Å². The van der Waals surface area contributed by atoms with Crippen molar-refractivity contribution in [2.75, 3.05) is 12.9 Å². The van der Waals surface area contributed by atoms with Gasteiger partial charge in [0.15, 0.2) is 4.73 Å². The molecule has 13 heavy (non-hydrogen) atoms. The fourth-order valence-electron chi connectivity index (χ4n) is 1.36. The van der Waals surface area contributed by atoms with Crippen molar-refractivity contribution >= 4 is 27.7 Å². The lowest BCUT2D eigenvalue weighted by molar-refractivity contribution is 0.389. The molecule has 0 amide bonds. The number of rotatable bonds is 1. The molecule has 2 rings (SSSR count). The van der Waals surface area contributed by atoms with Gasteiger partial charge in [-0.2, -0.15) is 16.7 Å². The predicted molar refractivity (Wildman–Crippen MR) is 56.2 cm³/mol. The van der Waals surface area contributed by atoms with E-state index in [1.807, 2.05) is 11.8 Å². The van der Waals surface area contributed by atoms with Crippen molar-refractivity contribution in [2.45, 2.75) is 12.2 Å². The van der Waals surface area contributed by atoms with Crippen LogP contribution in [0.25, 0.3) is 0 Å². The SMILES string of the molecule is COc1nc(Br)nc2c1CCSC2. The third-order valence-electron chi connectivity index (χ3n) is 1.96. The third-order valence-corrected chi connectivity index (χ3v) is 3.28. The number of fused-ring (bicyclic) bond motifs is 1. The smallest absolute Gasteiger partial charge is 0.220 e. The van der Waals surface area contributed by atoms with Gasteiger partial charge in [-0.05, 0) is 28.1 Å². The van der Waals surface area contributed by atoms with Gasteiger partial charge in [0.25, 0.3) is 0 Å². The monoisotopic (exact) mass is 260 g/mol. The zero-order chi connectivity index (χ0) is 9.26. The van der Waals surface area contributed by atoms with E-state index in [9.17, 15) is 0 Å². The quantitative estimate of drug-likeness (QED) is 0.724. The van der Waals surface area contributed by atoms with E-state index in [1.54, 1.807) is 7.11 Å². The van der Waals surface area contributed by atoms with Gasteiger partial charge in [0.1, 0.15) is 0 Å². The lowest BCUT2D eigenvalue weighted by atomic mass is 10.2. The molecule has 0 saturated carbocycles. The van der Waals surface area contributed by atoms with Crippen LogP contribution in [0.15, 0.2) is 4.73 Å². The van der Waals surface area contributed by atoms with Gasteiger partial charge in [-0.1, -0.05) is 0 Å². The van der Waals surface area contributed by atoms with Gasteiger partial charge < -0.3 is 4.74 Å². The minimum absolute atomic E-state index is 0.616. The molecular formula is C8H9BrN2OS. The Kier molecular flexibility index (Phi) is 2.74. The minimum Gasteiger partial charge on any atom is -0.481 e. The molecule has 1 aliphatic rings. The molecule has 0 fully saturated rings. The van der Waals surface area contributed by atoms with Gasteiger partial charge in [0, 0.05) is 11.3 Å². The van der Waals surface area contributed by atoms with Crippen LogP contribution < -0.4 is 4.74 Å². The Morgan fingerprint density at radius 3 is 3.08 bits per heavy atom. The summed E-state index contributed by atoms with van der Waals surface area (Å²) < 4.78 is 5.82. The first-order chi connectivity index (χ1) is 6.31. The Hall–Kier alpha value is -0.290. The first kappa shape index (κ1) is 9.27. The van der Waals surface area contributed by atoms with Gasteiger partial charge in [-0.25, -0.2) is 4.98 Å². The number of ether oxygens (including phenoxy) is 1. The van der Waals surface area contributed by atoms with E-state index in [1.165, 1.54) is 5.56 Å². The zero-order valence-corrected chi connectivity index (χ0v) is 9.61. The molecule has 2 heterocycles. The summed E-state index contributed by atoms with van der Waals surface area (Å²) in [5.74, 6) is 2.82. The standard InChI is InChI=1S/C8H9BrN2OS/c1-12-7-5-2-3-13-4-6(5)10-8(9)11-7/h2-4H2,1H3. The highest BCUT2D eigenvalue weighted by Gasteiger charge is 2.17. The molecule has 0 saturated heterocycles. The van der Waals surface area contributed by atoms with E-state index in [-0.39, 0.29) is 0 Å². The number of hydrogen-bond acceptors (Lipinski definition) is 4. The van der Waals surface area contributed by atoms with Crippen LogP contribution in [0, 0.1) is 0 Å². The number of thioether (sulfide) groups is 1. The van der Waals surface area contributed by atoms with E-state index in [4.69, 9.17) is 4.74 Å². The van der Waals surface area contributed by atoms with Crippen molar-refractivity contribution < 1.29 is 4.74 Å². The van der Waals surface area contributed by atoms with Crippen LogP contribution in [-0.2, 0) is 12.2 Å². The highest BCUT2D eigenvalue weighted by Crippen LogP contribution is 2.29. The Bertz CT molecular complexity index is 315. The van der Waals surface area contributed by atoms with Crippen LogP contribution >= 0.6 is 27.7 Å². The Balaban J connectivity index is 2.50. The van der Waals surface area contributed by atoms with Crippen molar-refractivity contribution in [1.82, 2.24) is 9.97 Å². The van der Waals surface area contributed by atoms with Gasteiger partial charge in [0.05, 0.1) is 12.8 Å². The molecule has 0 atom stereocenters. The van der Waals surface area contributed by atoms with E-state index >= 15 is 0 Å².